The molecule has 2 rings (SSSR count). The topological polar surface area (TPSA) is 74.7 Å². The fourth-order valence-corrected chi connectivity index (χ4v) is 3.58. The minimum atomic E-state index is -3.88. The lowest BCUT2D eigenvalue weighted by Crippen LogP contribution is -2.26. The summed E-state index contributed by atoms with van der Waals surface area (Å²) in [5.74, 6) is -2.48. The van der Waals surface area contributed by atoms with E-state index in [1.807, 2.05) is 10.8 Å². The van der Waals surface area contributed by atoms with Gasteiger partial charge in [0.05, 0.1) is 10.5 Å². The largest absolute Gasteiger partial charge is 0.478 e. The van der Waals surface area contributed by atoms with Gasteiger partial charge < -0.3 is 5.11 Å². The molecule has 0 fully saturated rings. The van der Waals surface area contributed by atoms with Crippen molar-refractivity contribution in [2.24, 2.45) is 0 Å². The molecule has 2 aromatic rings. The monoisotopic (exact) mass is 329 g/mol. The number of nitrogens with zero attached hydrogens (tertiary/aromatic N) is 1. The molecule has 1 heterocycles. The molecule has 1 aromatic carbocycles. The van der Waals surface area contributed by atoms with Gasteiger partial charge in [-0.05, 0) is 40.6 Å². The van der Waals surface area contributed by atoms with Crippen LogP contribution in [0.4, 0.5) is 4.39 Å². The Labute approximate surface area is 125 Å². The Balaban J connectivity index is 2.35. The number of sulfonamides is 1. The summed E-state index contributed by atoms with van der Waals surface area (Å²) < 4.78 is 39.1. The molecular formula is C13H12FNO4S2. The number of rotatable bonds is 5. The van der Waals surface area contributed by atoms with Crippen LogP contribution in [0.1, 0.15) is 15.9 Å². The van der Waals surface area contributed by atoms with E-state index in [-0.39, 0.29) is 11.4 Å². The van der Waals surface area contributed by atoms with Crippen LogP contribution in [-0.2, 0) is 16.6 Å². The molecule has 8 heteroatoms. The van der Waals surface area contributed by atoms with Crippen LogP contribution in [0.5, 0.6) is 0 Å². The molecule has 5 nitrogen and oxygen atoms in total. The number of carbonyl (C=O) groups is 1. The lowest BCUT2D eigenvalue weighted by molar-refractivity contribution is 0.0691. The van der Waals surface area contributed by atoms with Gasteiger partial charge in [0.15, 0.2) is 0 Å². The van der Waals surface area contributed by atoms with Crippen molar-refractivity contribution < 1.29 is 22.7 Å². The highest BCUT2D eigenvalue weighted by Gasteiger charge is 2.23. The Morgan fingerprint density at radius 1 is 1.38 bits per heavy atom. The van der Waals surface area contributed by atoms with Gasteiger partial charge in [-0.25, -0.2) is 17.6 Å². The molecule has 112 valence electrons. The zero-order valence-electron chi connectivity index (χ0n) is 11.0. The molecule has 0 saturated heterocycles. The van der Waals surface area contributed by atoms with Crippen LogP contribution in [0.2, 0.25) is 0 Å². The number of benzene rings is 1. The summed E-state index contributed by atoms with van der Waals surface area (Å²) >= 11 is 1.45. The molecule has 0 spiro atoms. The van der Waals surface area contributed by atoms with E-state index >= 15 is 0 Å². The van der Waals surface area contributed by atoms with Gasteiger partial charge >= 0.3 is 5.97 Å². The summed E-state index contributed by atoms with van der Waals surface area (Å²) in [7, 11) is -2.49. The highest BCUT2D eigenvalue weighted by Crippen LogP contribution is 2.20. The maximum atomic E-state index is 13.3. The molecule has 21 heavy (non-hydrogen) atoms. The molecular weight excluding hydrogens is 317 g/mol. The Hall–Kier alpha value is -1.77. The molecule has 0 aliphatic carbocycles. The van der Waals surface area contributed by atoms with Crippen LogP contribution in [0.15, 0.2) is 39.9 Å². The third-order valence-electron chi connectivity index (χ3n) is 2.86. The van der Waals surface area contributed by atoms with Gasteiger partial charge in [-0.3, -0.25) is 0 Å². The lowest BCUT2D eigenvalue weighted by atomic mass is 10.2. The standard InChI is InChI=1S/C13H12FNO4S2/c1-15(7-9-4-5-20-8-9)21(18,19)10-2-3-12(14)11(6-10)13(16)17/h2-6,8H,7H2,1H3,(H,16,17). The SMILES string of the molecule is CN(Cc1ccsc1)S(=O)(=O)c1ccc(F)c(C(=O)O)c1. The van der Waals surface area contributed by atoms with E-state index in [1.165, 1.54) is 18.4 Å². The Morgan fingerprint density at radius 3 is 2.67 bits per heavy atom. The second-order valence-electron chi connectivity index (χ2n) is 4.34. The molecule has 1 aromatic heterocycles. The highest BCUT2D eigenvalue weighted by molar-refractivity contribution is 7.89. The van der Waals surface area contributed by atoms with Gasteiger partial charge in [0, 0.05) is 13.6 Å². The normalized spacial score (nSPS) is 11.8. The summed E-state index contributed by atoms with van der Waals surface area (Å²) in [6.07, 6.45) is 0. The molecule has 1 N–H and O–H groups in total. The van der Waals surface area contributed by atoms with E-state index in [2.05, 4.69) is 0 Å². The Kier molecular flexibility index (Phi) is 4.40. The third-order valence-corrected chi connectivity index (χ3v) is 5.39. The summed E-state index contributed by atoms with van der Waals surface area (Å²) in [6, 6.07) is 4.52. The number of carboxylic acid groups (broad SMARTS) is 1. The average Bonchev–Trinajstić information content (AvgIpc) is 2.91. The predicted molar refractivity (Wildman–Crippen MR) is 76.3 cm³/mol. The fraction of sp³-hybridized carbons (Fsp3) is 0.154. The first-order chi connectivity index (χ1) is 9.82. The van der Waals surface area contributed by atoms with Crippen molar-refractivity contribution in [3.63, 3.8) is 0 Å². The van der Waals surface area contributed by atoms with Crippen molar-refractivity contribution in [1.82, 2.24) is 4.31 Å². The molecule has 0 atom stereocenters. The van der Waals surface area contributed by atoms with Gasteiger partial charge in [0.1, 0.15) is 5.82 Å². The minimum absolute atomic E-state index is 0.158. The van der Waals surface area contributed by atoms with Crippen LogP contribution in [-0.4, -0.2) is 30.8 Å². The second-order valence-corrected chi connectivity index (χ2v) is 7.16. The summed E-state index contributed by atoms with van der Waals surface area (Å²) in [6.45, 7) is 0.158. The number of aromatic carboxylic acids is 1. The van der Waals surface area contributed by atoms with Gasteiger partial charge in [0.2, 0.25) is 10.0 Å². The Morgan fingerprint density at radius 2 is 2.10 bits per heavy atom. The number of thiophene rings is 1. The molecule has 0 saturated carbocycles. The lowest BCUT2D eigenvalue weighted by Gasteiger charge is -2.17. The van der Waals surface area contributed by atoms with Crippen molar-refractivity contribution in [3.8, 4) is 0 Å². The number of halogens is 1. The first-order valence-corrected chi connectivity index (χ1v) is 8.21. The first-order valence-electron chi connectivity index (χ1n) is 5.82. The van der Waals surface area contributed by atoms with E-state index < -0.39 is 27.4 Å². The fourth-order valence-electron chi connectivity index (χ4n) is 1.73. The zero-order chi connectivity index (χ0) is 15.6. The van der Waals surface area contributed by atoms with Crippen LogP contribution in [0, 0.1) is 5.82 Å². The van der Waals surface area contributed by atoms with Gasteiger partial charge in [-0.2, -0.15) is 15.6 Å². The quantitative estimate of drug-likeness (QED) is 0.914. The minimum Gasteiger partial charge on any atom is -0.478 e. The number of carboxylic acids is 1. The van der Waals surface area contributed by atoms with Crippen LogP contribution < -0.4 is 0 Å². The number of hydrogen-bond acceptors (Lipinski definition) is 4. The average molecular weight is 329 g/mol. The maximum Gasteiger partial charge on any atom is 0.338 e. The second kappa shape index (κ2) is 5.92. The van der Waals surface area contributed by atoms with Gasteiger partial charge in [-0.1, -0.05) is 0 Å². The van der Waals surface area contributed by atoms with Crippen molar-refractivity contribution in [2.45, 2.75) is 11.4 Å². The molecule has 0 unspecified atom stereocenters. The van der Waals surface area contributed by atoms with E-state index in [4.69, 9.17) is 5.11 Å². The smallest absolute Gasteiger partial charge is 0.338 e. The van der Waals surface area contributed by atoms with Crippen molar-refractivity contribution in [1.29, 1.82) is 0 Å². The van der Waals surface area contributed by atoms with E-state index in [0.29, 0.717) is 0 Å². The van der Waals surface area contributed by atoms with E-state index in [1.54, 1.807) is 6.07 Å². The van der Waals surface area contributed by atoms with Crippen LogP contribution >= 0.6 is 11.3 Å². The van der Waals surface area contributed by atoms with Crippen molar-refractivity contribution >= 4 is 27.3 Å². The third kappa shape index (κ3) is 3.29. The summed E-state index contributed by atoms with van der Waals surface area (Å²) in [5.41, 5.74) is 0.159. The first kappa shape index (κ1) is 15.6. The van der Waals surface area contributed by atoms with E-state index in [9.17, 15) is 17.6 Å². The van der Waals surface area contributed by atoms with Crippen LogP contribution in [0.3, 0.4) is 0 Å². The molecule has 0 aliphatic rings. The number of hydrogen-bond donors (Lipinski definition) is 1. The predicted octanol–water partition coefficient (Wildman–Crippen LogP) is 2.41. The van der Waals surface area contributed by atoms with Gasteiger partial charge in [0.25, 0.3) is 0 Å². The molecule has 0 radical (unpaired) electrons. The molecule has 0 aliphatic heterocycles. The zero-order valence-corrected chi connectivity index (χ0v) is 12.6. The van der Waals surface area contributed by atoms with E-state index in [0.717, 1.165) is 28.1 Å². The Bertz CT molecular complexity index is 756. The van der Waals surface area contributed by atoms with Gasteiger partial charge in [-0.15, -0.1) is 0 Å². The van der Waals surface area contributed by atoms with Crippen LogP contribution in [0.25, 0.3) is 0 Å². The highest BCUT2D eigenvalue weighted by atomic mass is 32.2. The maximum absolute atomic E-state index is 13.3. The van der Waals surface area contributed by atoms with Crippen molar-refractivity contribution in [2.75, 3.05) is 7.05 Å². The molecule has 0 amide bonds. The van der Waals surface area contributed by atoms with Crippen molar-refractivity contribution in [3.05, 3.63) is 52.0 Å². The summed E-state index contributed by atoms with van der Waals surface area (Å²) in [5, 5.41) is 12.5. The summed E-state index contributed by atoms with van der Waals surface area (Å²) in [4.78, 5) is 10.6. The molecule has 0 bridgehead atoms.